The number of carbonyl (C=O) groups excluding carboxylic acids is 2. The van der Waals surface area contributed by atoms with Gasteiger partial charge < -0.3 is 10.1 Å². The normalized spacial score (nSPS) is 12.5. The van der Waals surface area contributed by atoms with Crippen LogP contribution in [0.2, 0.25) is 0 Å². The van der Waals surface area contributed by atoms with Crippen molar-refractivity contribution in [2.45, 2.75) is 26.3 Å². The largest absolute Gasteiger partial charge is 0.467 e. The summed E-state index contributed by atoms with van der Waals surface area (Å²) in [5, 5.41) is 2.50. The molecule has 0 aliphatic carbocycles. The predicted octanol–water partition coefficient (Wildman–Crippen LogP) is 0.630. The number of amides is 1. The lowest BCUT2D eigenvalue weighted by molar-refractivity contribution is -0.144. The maximum Gasteiger partial charge on any atom is 0.328 e. The molecule has 1 atom stereocenters. The number of carbonyl (C=O) groups is 2. The van der Waals surface area contributed by atoms with E-state index in [9.17, 15) is 9.59 Å². The van der Waals surface area contributed by atoms with Gasteiger partial charge in [0.05, 0.1) is 7.11 Å². The van der Waals surface area contributed by atoms with Crippen LogP contribution in [0, 0.1) is 0 Å². The van der Waals surface area contributed by atoms with Crippen LogP contribution in [0.4, 0.5) is 0 Å². The molecule has 0 aromatic heterocycles. The lowest BCUT2D eigenvalue weighted by Gasteiger charge is -2.12. The van der Waals surface area contributed by atoms with E-state index in [-0.39, 0.29) is 5.91 Å². The van der Waals surface area contributed by atoms with E-state index in [1.807, 2.05) is 13.0 Å². The van der Waals surface area contributed by atoms with Crippen LogP contribution < -0.4 is 5.32 Å². The first kappa shape index (κ1) is 11.7. The summed E-state index contributed by atoms with van der Waals surface area (Å²) in [4.78, 5) is 21.8. The SMILES string of the molecule is CC=CCC(NC(C)=O)C(=O)OC. The summed E-state index contributed by atoms with van der Waals surface area (Å²) in [7, 11) is 1.30. The van der Waals surface area contributed by atoms with Crippen molar-refractivity contribution in [2.24, 2.45) is 0 Å². The van der Waals surface area contributed by atoms with Gasteiger partial charge in [-0.3, -0.25) is 4.79 Å². The molecule has 13 heavy (non-hydrogen) atoms. The summed E-state index contributed by atoms with van der Waals surface area (Å²) in [5.74, 6) is -0.659. The van der Waals surface area contributed by atoms with Gasteiger partial charge in [0.15, 0.2) is 0 Å². The standard InChI is InChI=1S/C9H15NO3/c1-4-5-6-8(9(12)13-3)10-7(2)11/h4-5,8H,6H2,1-3H3,(H,10,11). The molecule has 0 aliphatic heterocycles. The minimum absolute atomic E-state index is 0.236. The van der Waals surface area contributed by atoms with Gasteiger partial charge in [0, 0.05) is 6.92 Å². The van der Waals surface area contributed by atoms with Crippen molar-refractivity contribution >= 4 is 11.9 Å². The van der Waals surface area contributed by atoms with Crippen molar-refractivity contribution in [1.29, 1.82) is 0 Å². The Bertz CT molecular complexity index is 211. The molecule has 0 spiro atoms. The summed E-state index contributed by atoms with van der Waals surface area (Å²) in [6.45, 7) is 3.22. The van der Waals surface area contributed by atoms with Crippen LogP contribution in [0.15, 0.2) is 12.2 Å². The molecule has 0 aromatic carbocycles. The van der Waals surface area contributed by atoms with Gasteiger partial charge in [-0.05, 0) is 13.3 Å². The molecule has 0 bridgehead atoms. The van der Waals surface area contributed by atoms with E-state index in [0.29, 0.717) is 6.42 Å². The van der Waals surface area contributed by atoms with Crippen LogP contribution >= 0.6 is 0 Å². The smallest absolute Gasteiger partial charge is 0.328 e. The maximum atomic E-state index is 11.1. The van der Waals surface area contributed by atoms with Crippen molar-refractivity contribution < 1.29 is 14.3 Å². The fraction of sp³-hybridized carbons (Fsp3) is 0.556. The molecule has 4 nitrogen and oxygen atoms in total. The number of allylic oxidation sites excluding steroid dienone is 1. The Kier molecular flexibility index (Phi) is 5.59. The minimum Gasteiger partial charge on any atom is -0.467 e. The molecular formula is C9H15NO3. The zero-order valence-electron chi connectivity index (χ0n) is 8.16. The number of hydrogen-bond donors (Lipinski definition) is 1. The molecule has 1 unspecified atom stereocenters. The summed E-state index contributed by atoms with van der Waals surface area (Å²) < 4.78 is 4.52. The van der Waals surface area contributed by atoms with Crippen LogP contribution in [0.5, 0.6) is 0 Å². The molecule has 0 heterocycles. The third-order valence-corrected chi connectivity index (χ3v) is 1.47. The average molecular weight is 185 g/mol. The van der Waals surface area contributed by atoms with E-state index in [1.165, 1.54) is 14.0 Å². The molecule has 1 amide bonds. The van der Waals surface area contributed by atoms with Gasteiger partial charge in [-0.2, -0.15) is 0 Å². The zero-order chi connectivity index (χ0) is 10.3. The second-order valence-corrected chi connectivity index (χ2v) is 2.58. The van der Waals surface area contributed by atoms with Crippen LogP contribution in [0.3, 0.4) is 0 Å². The van der Waals surface area contributed by atoms with Gasteiger partial charge >= 0.3 is 5.97 Å². The molecule has 0 rings (SSSR count). The lowest BCUT2D eigenvalue weighted by Crippen LogP contribution is -2.39. The highest BCUT2D eigenvalue weighted by Crippen LogP contribution is 1.96. The molecule has 0 saturated heterocycles. The Morgan fingerprint density at radius 3 is 2.54 bits per heavy atom. The van der Waals surface area contributed by atoms with Crippen molar-refractivity contribution in [3.8, 4) is 0 Å². The van der Waals surface area contributed by atoms with Gasteiger partial charge in [-0.25, -0.2) is 4.79 Å². The highest BCUT2D eigenvalue weighted by molar-refractivity contribution is 5.83. The van der Waals surface area contributed by atoms with Crippen LogP contribution in [-0.2, 0) is 14.3 Å². The third-order valence-electron chi connectivity index (χ3n) is 1.47. The van der Waals surface area contributed by atoms with Gasteiger partial charge in [-0.15, -0.1) is 0 Å². The average Bonchev–Trinajstić information content (AvgIpc) is 2.10. The number of methoxy groups -OCH3 is 1. The summed E-state index contributed by atoms with van der Waals surface area (Å²) in [5.41, 5.74) is 0. The molecule has 1 N–H and O–H groups in total. The quantitative estimate of drug-likeness (QED) is 0.516. The van der Waals surface area contributed by atoms with Crippen LogP contribution in [0.1, 0.15) is 20.3 Å². The number of esters is 1. The lowest BCUT2D eigenvalue weighted by atomic mass is 10.2. The van der Waals surface area contributed by atoms with E-state index >= 15 is 0 Å². The van der Waals surface area contributed by atoms with Crippen molar-refractivity contribution in [3.63, 3.8) is 0 Å². The zero-order valence-corrected chi connectivity index (χ0v) is 8.16. The van der Waals surface area contributed by atoms with E-state index in [1.54, 1.807) is 6.08 Å². The number of rotatable bonds is 4. The highest BCUT2D eigenvalue weighted by atomic mass is 16.5. The summed E-state index contributed by atoms with van der Waals surface area (Å²) >= 11 is 0. The number of ether oxygens (including phenoxy) is 1. The second kappa shape index (κ2) is 6.22. The molecule has 0 saturated carbocycles. The topological polar surface area (TPSA) is 55.4 Å². The molecular weight excluding hydrogens is 170 g/mol. The summed E-state index contributed by atoms with van der Waals surface area (Å²) in [6.07, 6.45) is 4.08. The first-order valence-electron chi connectivity index (χ1n) is 4.08. The Morgan fingerprint density at radius 2 is 2.15 bits per heavy atom. The Balaban J connectivity index is 4.18. The molecule has 0 fully saturated rings. The first-order chi connectivity index (χ1) is 6.11. The van der Waals surface area contributed by atoms with Crippen LogP contribution in [0.25, 0.3) is 0 Å². The number of nitrogens with one attached hydrogen (secondary N) is 1. The second-order valence-electron chi connectivity index (χ2n) is 2.58. The van der Waals surface area contributed by atoms with Gasteiger partial charge in [0.1, 0.15) is 6.04 Å². The van der Waals surface area contributed by atoms with Gasteiger partial charge in [0.25, 0.3) is 0 Å². The molecule has 4 heteroatoms. The van der Waals surface area contributed by atoms with E-state index in [4.69, 9.17) is 0 Å². The molecule has 0 aromatic rings. The number of hydrogen-bond acceptors (Lipinski definition) is 3. The third kappa shape index (κ3) is 5.00. The van der Waals surface area contributed by atoms with Gasteiger partial charge in [0.2, 0.25) is 5.91 Å². The molecule has 0 aliphatic rings. The summed E-state index contributed by atoms with van der Waals surface area (Å²) in [6, 6.07) is -0.571. The molecule has 74 valence electrons. The Labute approximate surface area is 78.0 Å². The molecule has 0 radical (unpaired) electrons. The first-order valence-corrected chi connectivity index (χ1v) is 4.08. The van der Waals surface area contributed by atoms with E-state index < -0.39 is 12.0 Å². The van der Waals surface area contributed by atoms with Crippen molar-refractivity contribution in [2.75, 3.05) is 7.11 Å². The predicted molar refractivity (Wildman–Crippen MR) is 49.1 cm³/mol. The van der Waals surface area contributed by atoms with Crippen molar-refractivity contribution in [1.82, 2.24) is 5.32 Å². The van der Waals surface area contributed by atoms with Crippen molar-refractivity contribution in [3.05, 3.63) is 12.2 Å². The van der Waals surface area contributed by atoms with Gasteiger partial charge in [-0.1, -0.05) is 12.2 Å². The Hall–Kier alpha value is -1.32. The minimum atomic E-state index is -0.571. The fourth-order valence-electron chi connectivity index (χ4n) is 0.874. The van der Waals surface area contributed by atoms with E-state index in [0.717, 1.165) is 0 Å². The van der Waals surface area contributed by atoms with E-state index in [2.05, 4.69) is 10.1 Å². The maximum absolute atomic E-state index is 11.1. The Morgan fingerprint density at radius 1 is 1.54 bits per heavy atom. The fourth-order valence-corrected chi connectivity index (χ4v) is 0.874. The monoisotopic (exact) mass is 185 g/mol. The highest BCUT2D eigenvalue weighted by Gasteiger charge is 2.17. The van der Waals surface area contributed by atoms with Crippen LogP contribution in [-0.4, -0.2) is 25.0 Å².